The molecule has 0 spiro atoms. The second-order valence-electron chi connectivity index (χ2n) is 6.43. The van der Waals surface area contributed by atoms with Crippen LogP contribution >= 0.6 is 11.6 Å². The molecule has 1 aromatic rings. The molecular formula is C17H24ClN3O2. The zero-order chi connectivity index (χ0) is 17.0. The number of carbonyl (C=O) groups excluding carboxylic acids is 2. The SMILES string of the molecule is CC(C)NC(=O)c1ccc(Cl)cc1NC(=O)C[C@@H]1CCC[C@H]1N. The van der Waals surface area contributed by atoms with Crippen molar-refractivity contribution in [3.8, 4) is 0 Å². The van der Waals surface area contributed by atoms with E-state index in [9.17, 15) is 9.59 Å². The summed E-state index contributed by atoms with van der Waals surface area (Å²) in [6, 6.07) is 4.96. The first-order chi connectivity index (χ1) is 10.9. The van der Waals surface area contributed by atoms with Gasteiger partial charge in [-0.3, -0.25) is 9.59 Å². The number of hydrogen-bond acceptors (Lipinski definition) is 3. The molecule has 0 heterocycles. The maximum atomic E-state index is 12.3. The minimum Gasteiger partial charge on any atom is -0.350 e. The maximum absolute atomic E-state index is 12.3. The Labute approximate surface area is 142 Å². The normalized spacial score (nSPS) is 20.6. The van der Waals surface area contributed by atoms with E-state index in [0.717, 1.165) is 19.3 Å². The van der Waals surface area contributed by atoms with Gasteiger partial charge >= 0.3 is 0 Å². The summed E-state index contributed by atoms with van der Waals surface area (Å²) in [7, 11) is 0. The number of carbonyl (C=O) groups is 2. The molecule has 2 rings (SSSR count). The van der Waals surface area contributed by atoms with Crippen molar-refractivity contribution < 1.29 is 9.59 Å². The molecule has 5 nitrogen and oxygen atoms in total. The third kappa shape index (κ3) is 4.94. The highest BCUT2D eigenvalue weighted by molar-refractivity contribution is 6.31. The van der Waals surface area contributed by atoms with Gasteiger partial charge in [-0.15, -0.1) is 0 Å². The highest BCUT2D eigenvalue weighted by Crippen LogP contribution is 2.28. The summed E-state index contributed by atoms with van der Waals surface area (Å²) >= 11 is 6.00. The van der Waals surface area contributed by atoms with E-state index in [1.807, 2.05) is 13.8 Å². The number of benzene rings is 1. The van der Waals surface area contributed by atoms with Gasteiger partial charge in [0.1, 0.15) is 0 Å². The van der Waals surface area contributed by atoms with Crippen molar-refractivity contribution in [1.29, 1.82) is 0 Å². The Morgan fingerprint density at radius 2 is 2.09 bits per heavy atom. The fraction of sp³-hybridized carbons (Fsp3) is 0.529. The standard InChI is InChI=1S/C17H24ClN3O2/c1-10(2)20-17(23)13-7-6-12(18)9-15(13)21-16(22)8-11-4-3-5-14(11)19/h6-7,9-11,14H,3-5,8,19H2,1-2H3,(H,20,23)(H,21,22)/t11-,14+/m0/s1. The molecule has 1 aliphatic carbocycles. The Bertz CT molecular complexity index is 589. The minimum atomic E-state index is -0.232. The van der Waals surface area contributed by atoms with Crippen molar-refractivity contribution in [2.24, 2.45) is 11.7 Å². The molecule has 6 heteroatoms. The highest BCUT2D eigenvalue weighted by atomic mass is 35.5. The van der Waals surface area contributed by atoms with Gasteiger partial charge in [-0.2, -0.15) is 0 Å². The van der Waals surface area contributed by atoms with Crippen LogP contribution in [0.3, 0.4) is 0 Å². The molecule has 0 unspecified atom stereocenters. The van der Waals surface area contributed by atoms with Gasteiger partial charge in [0.25, 0.3) is 5.91 Å². The molecule has 1 saturated carbocycles. The minimum absolute atomic E-state index is 0.0122. The topological polar surface area (TPSA) is 84.2 Å². The number of nitrogens with two attached hydrogens (primary N) is 1. The molecule has 23 heavy (non-hydrogen) atoms. The Hall–Kier alpha value is -1.59. The molecule has 126 valence electrons. The van der Waals surface area contributed by atoms with Crippen molar-refractivity contribution in [3.05, 3.63) is 28.8 Å². The van der Waals surface area contributed by atoms with Crippen molar-refractivity contribution in [1.82, 2.24) is 5.32 Å². The Morgan fingerprint density at radius 1 is 1.35 bits per heavy atom. The van der Waals surface area contributed by atoms with E-state index in [-0.39, 0.29) is 29.8 Å². The first kappa shape index (κ1) is 17.8. The summed E-state index contributed by atoms with van der Waals surface area (Å²) in [5.74, 6) is -0.153. The fourth-order valence-corrected chi connectivity index (χ4v) is 3.09. The average molecular weight is 338 g/mol. The zero-order valence-corrected chi connectivity index (χ0v) is 14.3. The van der Waals surface area contributed by atoms with Crippen LogP contribution in [-0.2, 0) is 4.79 Å². The van der Waals surface area contributed by atoms with Crippen LogP contribution in [0.25, 0.3) is 0 Å². The molecule has 2 amide bonds. The van der Waals surface area contributed by atoms with Gasteiger partial charge in [-0.1, -0.05) is 18.0 Å². The lowest BCUT2D eigenvalue weighted by molar-refractivity contribution is -0.117. The third-order valence-electron chi connectivity index (χ3n) is 4.09. The van der Waals surface area contributed by atoms with E-state index < -0.39 is 0 Å². The molecule has 0 aliphatic heterocycles. The van der Waals surface area contributed by atoms with E-state index in [1.54, 1.807) is 18.2 Å². The first-order valence-corrected chi connectivity index (χ1v) is 8.40. The number of halogens is 1. The fourth-order valence-electron chi connectivity index (χ4n) is 2.92. The van der Waals surface area contributed by atoms with E-state index in [0.29, 0.717) is 22.7 Å². The molecule has 1 aliphatic rings. The molecule has 0 saturated heterocycles. The van der Waals surface area contributed by atoms with Crippen LogP contribution in [-0.4, -0.2) is 23.9 Å². The van der Waals surface area contributed by atoms with E-state index in [2.05, 4.69) is 10.6 Å². The summed E-state index contributed by atoms with van der Waals surface area (Å²) in [6.07, 6.45) is 3.39. The van der Waals surface area contributed by atoms with Crippen LogP contribution in [0, 0.1) is 5.92 Å². The van der Waals surface area contributed by atoms with Crippen LogP contribution < -0.4 is 16.4 Å². The molecular weight excluding hydrogens is 314 g/mol. The maximum Gasteiger partial charge on any atom is 0.253 e. The summed E-state index contributed by atoms with van der Waals surface area (Å²) in [6.45, 7) is 3.76. The summed E-state index contributed by atoms with van der Waals surface area (Å²) in [5, 5.41) is 6.10. The molecule has 1 aromatic carbocycles. The predicted octanol–water partition coefficient (Wildman–Crippen LogP) is 2.93. The highest BCUT2D eigenvalue weighted by Gasteiger charge is 2.26. The number of hydrogen-bond donors (Lipinski definition) is 3. The molecule has 2 atom stereocenters. The van der Waals surface area contributed by atoms with Gasteiger partial charge in [0.2, 0.25) is 5.91 Å². The van der Waals surface area contributed by atoms with Gasteiger partial charge in [0.05, 0.1) is 11.3 Å². The van der Waals surface area contributed by atoms with E-state index in [1.165, 1.54) is 0 Å². The number of rotatable bonds is 5. The summed E-state index contributed by atoms with van der Waals surface area (Å²) in [4.78, 5) is 24.5. The molecule has 0 bridgehead atoms. The van der Waals surface area contributed by atoms with Gasteiger partial charge in [0, 0.05) is 23.5 Å². The van der Waals surface area contributed by atoms with Gasteiger partial charge in [0.15, 0.2) is 0 Å². The Kier molecular flexibility index (Phi) is 6.02. The molecule has 1 fully saturated rings. The van der Waals surface area contributed by atoms with Gasteiger partial charge < -0.3 is 16.4 Å². The largest absolute Gasteiger partial charge is 0.350 e. The lowest BCUT2D eigenvalue weighted by atomic mass is 9.99. The third-order valence-corrected chi connectivity index (χ3v) is 4.32. The van der Waals surface area contributed by atoms with Crippen LogP contribution in [0.2, 0.25) is 5.02 Å². The van der Waals surface area contributed by atoms with Crippen molar-refractivity contribution in [2.75, 3.05) is 5.32 Å². The second kappa shape index (κ2) is 7.79. The Morgan fingerprint density at radius 3 is 2.70 bits per heavy atom. The average Bonchev–Trinajstić information content (AvgIpc) is 2.83. The predicted molar refractivity (Wildman–Crippen MR) is 92.6 cm³/mol. The van der Waals surface area contributed by atoms with Gasteiger partial charge in [-0.05, 0) is 50.8 Å². The smallest absolute Gasteiger partial charge is 0.253 e. The Balaban J connectivity index is 2.09. The van der Waals surface area contributed by atoms with Crippen LogP contribution in [0.1, 0.15) is 49.9 Å². The number of anilines is 1. The number of amides is 2. The van der Waals surface area contributed by atoms with Crippen LogP contribution in [0.5, 0.6) is 0 Å². The number of nitrogens with one attached hydrogen (secondary N) is 2. The van der Waals surface area contributed by atoms with E-state index in [4.69, 9.17) is 17.3 Å². The van der Waals surface area contributed by atoms with Crippen molar-refractivity contribution in [2.45, 2.75) is 51.6 Å². The first-order valence-electron chi connectivity index (χ1n) is 8.02. The van der Waals surface area contributed by atoms with Crippen LogP contribution in [0.15, 0.2) is 18.2 Å². The second-order valence-corrected chi connectivity index (χ2v) is 6.86. The summed E-state index contributed by atoms with van der Waals surface area (Å²) < 4.78 is 0. The lowest BCUT2D eigenvalue weighted by Gasteiger charge is -2.17. The summed E-state index contributed by atoms with van der Waals surface area (Å²) in [5.41, 5.74) is 6.86. The zero-order valence-electron chi connectivity index (χ0n) is 13.6. The van der Waals surface area contributed by atoms with Crippen molar-refractivity contribution in [3.63, 3.8) is 0 Å². The van der Waals surface area contributed by atoms with Gasteiger partial charge in [-0.25, -0.2) is 0 Å². The van der Waals surface area contributed by atoms with E-state index >= 15 is 0 Å². The molecule has 0 aromatic heterocycles. The quantitative estimate of drug-likeness (QED) is 0.772. The monoisotopic (exact) mass is 337 g/mol. The molecule has 4 N–H and O–H groups in total. The van der Waals surface area contributed by atoms with Crippen molar-refractivity contribution >= 4 is 29.1 Å². The lowest BCUT2D eigenvalue weighted by Crippen LogP contribution is -2.31. The molecule has 0 radical (unpaired) electrons. The van der Waals surface area contributed by atoms with Crippen LogP contribution in [0.4, 0.5) is 5.69 Å².